The van der Waals surface area contributed by atoms with Crippen LogP contribution in [0.1, 0.15) is 22.7 Å². The maximum Gasteiger partial charge on any atom is 0.159 e. The Bertz CT molecular complexity index is 584. The van der Waals surface area contributed by atoms with Gasteiger partial charge in [0.1, 0.15) is 0 Å². The number of rotatable bonds is 2. The van der Waals surface area contributed by atoms with Gasteiger partial charge in [-0.25, -0.2) is 8.78 Å². The van der Waals surface area contributed by atoms with Crippen molar-refractivity contribution >= 4 is 15.9 Å². The average Bonchev–Trinajstić information content (AvgIpc) is 2.32. The van der Waals surface area contributed by atoms with Gasteiger partial charge in [-0.05, 0) is 41.8 Å². The van der Waals surface area contributed by atoms with Crippen molar-refractivity contribution in [2.24, 2.45) is 5.73 Å². The first-order chi connectivity index (χ1) is 8.49. The molecule has 0 heterocycles. The molecule has 1 atom stereocenters. The topological polar surface area (TPSA) is 26.0 Å². The summed E-state index contributed by atoms with van der Waals surface area (Å²) in [6.07, 6.45) is 0. The zero-order chi connectivity index (χ0) is 13.3. The third-order valence-electron chi connectivity index (χ3n) is 2.79. The van der Waals surface area contributed by atoms with Gasteiger partial charge in [0.15, 0.2) is 11.6 Å². The maximum absolute atomic E-state index is 13.2. The second-order valence-electron chi connectivity index (χ2n) is 4.18. The van der Waals surface area contributed by atoms with Gasteiger partial charge in [-0.1, -0.05) is 34.1 Å². The summed E-state index contributed by atoms with van der Waals surface area (Å²) in [6, 6.07) is 8.98. The molecule has 2 aromatic carbocycles. The molecule has 1 nitrogen and oxygen atoms in total. The van der Waals surface area contributed by atoms with Crippen LogP contribution in [0.5, 0.6) is 0 Å². The Morgan fingerprint density at radius 3 is 2.39 bits per heavy atom. The van der Waals surface area contributed by atoms with Crippen LogP contribution in [-0.4, -0.2) is 0 Å². The molecule has 2 rings (SSSR count). The fraction of sp³-hybridized carbons (Fsp3) is 0.143. The minimum atomic E-state index is -0.883. The molecule has 0 saturated carbocycles. The van der Waals surface area contributed by atoms with Crippen molar-refractivity contribution in [2.45, 2.75) is 13.0 Å². The van der Waals surface area contributed by atoms with E-state index < -0.39 is 17.7 Å². The summed E-state index contributed by atoms with van der Waals surface area (Å²) < 4.78 is 26.9. The molecular weight excluding hydrogens is 300 g/mol. The van der Waals surface area contributed by atoms with Crippen LogP contribution < -0.4 is 5.73 Å². The second kappa shape index (κ2) is 5.16. The molecule has 0 spiro atoms. The first-order valence-corrected chi connectivity index (χ1v) is 6.25. The van der Waals surface area contributed by atoms with Crippen molar-refractivity contribution < 1.29 is 8.78 Å². The Hall–Kier alpha value is -1.26. The van der Waals surface area contributed by atoms with E-state index in [1.807, 2.05) is 25.1 Å². The lowest BCUT2D eigenvalue weighted by Crippen LogP contribution is -2.13. The van der Waals surface area contributed by atoms with Crippen LogP contribution in [0.2, 0.25) is 0 Å². The van der Waals surface area contributed by atoms with Gasteiger partial charge in [-0.3, -0.25) is 0 Å². The van der Waals surface area contributed by atoms with Crippen LogP contribution in [0.3, 0.4) is 0 Å². The van der Waals surface area contributed by atoms with E-state index in [4.69, 9.17) is 5.73 Å². The number of aryl methyl sites for hydroxylation is 1. The Balaban J connectivity index is 2.41. The van der Waals surface area contributed by atoms with Gasteiger partial charge in [0.05, 0.1) is 6.04 Å². The quantitative estimate of drug-likeness (QED) is 0.888. The molecule has 18 heavy (non-hydrogen) atoms. The summed E-state index contributed by atoms with van der Waals surface area (Å²) in [7, 11) is 0. The highest BCUT2D eigenvalue weighted by Crippen LogP contribution is 2.28. The summed E-state index contributed by atoms with van der Waals surface area (Å²) >= 11 is 3.43. The molecular formula is C14H12BrF2N. The number of hydrogen-bond donors (Lipinski definition) is 1. The van der Waals surface area contributed by atoms with Gasteiger partial charge in [-0.15, -0.1) is 0 Å². The van der Waals surface area contributed by atoms with Crippen LogP contribution in [0.15, 0.2) is 40.9 Å². The lowest BCUT2D eigenvalue weighted by molar-refractivity contribution is 0.506. The minimum absolute atomic E-state index is 0.491. The second-order valence-corrected chi connectivity index (χ2v) is 5.03. The van der Waals surface area contributed by atoms with Crippen molar-refractivity contribution in [3.05, 3.63) is 69.2 Å². The van der Waals surface area contributed by atoms with Crippen molar-refractivity contribution in [3.8, 4) is 0 Å². The van der Waals surface area contributed by atoms with Crippen LogP contribution in [-0.2, 0) is 0 Å². The Morgan fingerprint density at radius 1 is 1.06 bits per heavy atom. The number of hydrogen-bond acceptors (Lipinski definition) is 1. The fourth-order valence-electron chi connectivity index (χ4n) is 1.77. The normalized spacial score (nSPS) is 12.5. The van der Waals surface area contributed by atoms with Crippen molar-refractivity contribution in [3.63, 3.8) is 0 Å². The molecule has 94 valence electrons. The molecule has 0 aromatic heterocycles. The third kappa shape index (κ3) is 2.60. The summed E-state index contributed by atoms with van der Waals surface area (Å²) in [5, 5.41) is 0. The van der Waals surface area contributed by atoms with Crippen molar-refractivity contribution in [1.82, 2.24) is 0 Å². The molecule has 0 saturated heterocycles. The number of halogens is 3. The highest BCUT2D eigenvalue weighted by atomic mass is 79.9. The van der Waals surface area contributed by atoms with E-state index in [-0.39, 0.29) is 0 Å². The Morgan fingerprint density at radius 2 is 1.78 bits per heavy atom. The largest absolute Gasteiger partial charge is 0.320 e. The summed E-state index contributed by atoms with van der Waals surface area (Å²) in [5.74, 6) is -1.75. The van der Waals surface area contributed by atoms with Gasteiger partial charge >= 0.3 is 0 Å². The molecule has 0 bridgehead atoms. The zero-order valence-corrected chi connectivity index (χ0v) is 11.3. The molecule has 0 aliphatic rings. The van der Waals surface area contributed by atoms with Crippen LogP contribution in [0, 0.1) is 18.6 Å². The average molecular weight is 312 g/mol. The number of nitrogens with two attached hydrogens (primary N) is 1. The van der Waals surface area contributed by atoms with E-state index in [0.29, 0.717) is 5.56 Å². The highest BCUT2D eigenvalue weighted by Gasteiger charge is 2.14. The molecule has 4 heteroatoms. The van der Waals surface area contributed by atoms with Gasteiger partial charge in [0, 0.05) is 4.47 Å². The first-order valence-electron chi connectivity index (χ1n) is 5.45. The highest BCUT2D eigenvalue weighted by molar-refractivity contribution is 9.10. The van der Waals surface area contributed by atoms with Gasteiger partial charge in [-0.2, -0.15) is 0 Å². The van der Waals surface area contributed by atoms with E-state index in [9.17, 15) is 8.78 Å². The van der Waals surface area contributed by atoms with Crippen LogP contribution in [0.4, 0.5) is 8.78 Å². The van der Waals surface area contributed by atoms with Gasteiger partial charge in [0.2, 0.25) is 0 Å². The fourth-order valence-corrected chi connectivity index (χ4v) is 2.51. The monoisotopic (exact) mass is 311 g/mol. The number of benzene rings is 2. The van der Waals surface area contributed by atoms with Gasteiger partial charge < -0.3 is 5.73 Å². The van der Waals surface area contributed by atoms with Crippen molar-refractivity contribution in [1.29, 1.82) is 0 Å². The van der Waals surface area contributed by atoms with E-state index in [0.717, 1.165) is 27.7 Å². The maximum atomic E-state index is 13.2. The first kappa shape index (κ1) is 13.2. The molecule has 2 aromatic rings. The van der Waals surface area contributed by atoms with Gasteiger partial charge in [0.25, 0.3) is 0 Å². The molecule has 0 aliphatic heterocycles. The van der Waals surface area contributed by atoms with E-state index in [2.05, 4.69) is 15.9 Å². The molecule has 1 unspecified atom stereocenters. The van der Waals surface area contributed by atoms with E-state index in [1.54, 1.807) is 0 Å². The molecule has 0 amide bonds. The van der Waals surface area contributed by atoms with E-state index >= 15 is 0 Å². The standard InChI is InChI=1S/C14H12BrF2N/c1-8-2-4-10(11(15)6-8)14(18)9-3-5-12(16)13(17)7-9/h2-7,14H,18H2,1H3. The Labute approximate surface area is 113 Å². The van der Waals surface area contributed by atoms with Crippen LogP contribution >= 0.6 is 15.9 Å². The lowest BCUT2D eigenvalue weighted by atomic mass is 9.98. The summed E-state index contributed by atoms with van der Waals surface area (Å²) in [4.78, 5) is 0. The Kier molecular flexibility index (Phi) is 3.78. The predicted molar refractivity (Wildman–Crippen MR) is 71.3 cm³/mol. The molecule has 0 fully saturated rings. The van der Waals surface area contributed by atoms with E-state index in [1.165, 1.54) is 6.07 Å². The zero-order valence-electron chi connectivity index (χ0n) is 9.75. The van der Waals surface area contributed by atoms with Crippen LogP contribution in [0.25, 0.3) is 0 Å². The summed E-state index contributed by atoms with van der Waals surface area (Å²) in [5.41, 5.74) is 8.55. The third-order valence-corrected chi connectivity index (χ3v) is 3.48. The SMILES string of the molecule is Cc1ccc(C(N)c2ccc(F)c(F)c2)c(Br)c1. The molecule has 2 N–H and O–H groups in total. The molecule has 0 aliphatic carbocycles. The molecule has 0 radical (unpaired) electrons. The minimum Gasteiger partial charge on any atom is -0.320 e. The predicted octanol–water partition coefficient (Wildman–Crippen LogP) is 4.08. The lowest BCUT2D eigenvalue weighted by Gasteiger charge is -2.15. The smallest absolute Gasteiger partial charge is 0.159 e. The summed E-state index contributed by atoms with van der Waals surface area (Å²) in [6.45, 7) is 1.97. The van der Waals surface area contributed by atoms with Crippen molar-refractivity contribution in [2.75, 3.05) is 0 Å².